The number of halogens is 1. The van der Waals surface area contributed by atoms with Crippen LogP contribution in [0.4, 0.5) is 0 Å². The van der Waals surface area contributed by atoms with Crippen LogP contribution in [0.15, 0.2) is 12.1 Å². The van der Waals surface area contributed by atoms with Crippen LogP contribution in [0.5, 0.6) is 5.75 Å². The zero-order valence-electron chi connectivity index (χ0n) is 12.9. The number of rotatable bonds is 6. The molecule has 0 radical (unpaired) electrons. The normalized spacial score (nSPS) is 17.2. The Balaban J connectivity index is 1.87. The van der Waals surface area contributed by atoms with Gasteiger partial charge in [0, 0.05) is 13.0 Å². The Kier molecular flexibility index (Phi) is 5.66. The summed E-state index contributed by atoms with van der Waals surface area (Å²) in [6.45, 7) is 4.99. The van der Waals surface area contributed by atoms with Gasteiger partial charge in [0.2, 0.25) is 11.8 Å². The highest BCUT2D eigenvalue weighted by Crippen LogP contribution is 2.28. The standard InChI is InChI=1S/C16H21ClN2O3/c1-3-22-14-8-10(2)11(9-12(14)17)6-7-18-16(21)13-4-5-15(20)19-13/h8-9,13H,3-7H2,1-2H3,(H,18,21)(H,19,20). The van der Waals surface area contributed by atoms with E-state index in [0.29, 0.717) is 43.2 Å². The third kappa shape index (κ3) is 4.13. The fourth-order valence-corrected chi connectivity index (χ4v) is 2.73. The van der Waals surface area contributed by atoms with E-state index >= 15 is 0 Å². The van der Waals surface area contributed by atoms with Crippen LogP contribution in [0.2, 0.25) is 5.02 Å². The molecule has 1 unspecified atom stereocenters. The molecule has 1 saturated heterocycles. The van der Waals surface area contributed by atoms with E-state index in [1.807, 2.05) is 26.0 Å². The number of benzene rings is 1. The maximum absolute atomic E-state index is 11.9. The first-order chi connectivity index (χ1) is 10.5. The molecule has 1 aliphatic rings. The van der Waals surface area contributed by atoms with Crippen LogP contribution in [0.3, 0.4) is 0 Å². The van der Waals surface area contributed by atoms with Gasteiger partial charge >= 0.3 is 0 Å². The van der Waals surface area contributed by atoms with Crippen LogP contribution in [-0.4, -0.2) is 31.0 Å². The van der Waals surface area contributed by atoms with Crippen LogP contribution in [-0.2, 0) is 16.0 Å². The van der Waals surface area contributed by atoms with Gasteiger partial charge in [-0.1, -0.05) is 11.6 Å². The number of carbonyl (C=O) groups is 2. The van der Waals surface area contributed by atoms with E-state index in [1.165, 1.54) is 0 Å². The van der Waals surface area contributed by atoms with Gasteiger partial charge in [-0.2, -0.15) is 0 Å². The molecule has 22 heavy (non-hydrogen) atoms. The first kappa shape index (κ1) is 16.6. The topological polar surface area (TPSA) is 67.4 Å². The predicted octanol–water partition coefficient (Wildman–Crippen LogP) is 1.98. The molecule has 2 N–H and O–H groups in total. The summed E-state index contributed by atoms with van der Waals surface area (Å²) in [7, 11) is 0. The summed E-state index contributed by atoms with van der Waals surface area (Å²) in [5.74, 6) is 0.498. The number of hydrogen-bond donors (Lipinski definition) is 2. The Hall–Kier alpha value is -1.75. The third-order valence-corrected chi connectivity index (χ3v) is 3.99. The molecule has 2 rings (SSSR count). The molecule has 1 aromatic rings. The summed E-state index contributed by atoms with van der Waals surface area (Å²) in [4.78, 5) is 23.0. The van der Waals surface area contributed by atoms with Crippen LogP contribution < -0.4 is 15.4 Å². The van der Waals surface area contributed by atoms with Crippen molar-refractivity contribution in [3.05, 3.63) is 28.3 Å². The fraction of sp³-hybridized carbons (Fsp3) is 0.500. The molecule has 2 amide bonds. The second kappa shape index (κ2) is 7.49. The molecule has 1 fully saturated rings. The van der Waals surface area contributed by atoms with E-state index in [-0.39, 0.29) is 11.8 Å². The lowest BCUT2D eigenvalue weighted by molar-refractivity contribution is -0.125. The number of nitrogens with one attached hydrogen (secondary N) is 2. The second-order valence-corrected chi connectivity index (χ2v) is 5.75. The van der Waals surface area contributed by atoms with Crippen molar-refractivity contribution in [3.8, 4) is 5.75 Å². The summed E-state index contributed by atoms with van der Waals surface area (Å²) in [5, 5.41) is 6.09. The number of amides is 2. The SMILES string of the molecule is CCOc1cc(C)c(CCNC(=O)C2CCC(=O)N2)cc1Cl. The van der Waals surface area contributed by atoms with Crippen LogP contribution in [0.1, 0.15) is 30.9 Å². The lowest BCUT2D eigenvalue weighted by Gasteiger charge is -2.13. The van der Waals surface area contributed by atoms with Crippen molar-refractivity contribution in [2.45, 2.75) is 39.2 Å². The molecule has 1 heterocycles. The molecule has 0 bridgehead atoms. The van der Waals surface area contributed by atoms with Crippen molar-refractivity contribution in [2.75, 3.05) is 13.2 Å². The van der Waals surface area contributed by atoms with Gasteiger partial charge in [0.15, 0.2) is 0 Å². The van der Waals surface area contributed by atoms with Crippen molar-refractivity contribution in [2.24, 2.45) is 0 Å². The molecule has 1 atom stereocenters. The lowest BCUT2D eigenvalue weighted by Crippen LogP contribution is -2.42. The Morgan fingerprint density at radius 3 is 2.91 bits per heavy atom. The molecule has 0 aromatic heterocycles. The summed E-state index contributed by atoms with van der Waals surface area (Å²) in [6, 6.07) is 3.41. The quantitative estimate of drug-likeness (QED) is 0.841. The summed E-state index contributed by atoms with van der Waals surface area (Å²) >= 11 is 6.18. The van der Waals surface area contributed by atoms with Gasteiger partial charge in [0.05, 0.1) is 11.6 Å². The molecule has 1 aliphatic heterocycles. The Bertz CT molecular complexity index is 575. The van der Waals surface area contributed by atoms with E-state index in [9.17, 15) is 9.59 Å². The molecule has 0 aliphatic carbocycles. The van der Waals surface area contributed by atoms with Crippen molar-refractivity contribution in [1.29, 1.82) is 0 Å². The van der Waals surface area contributed by atoms with E-state index in [1.54, 1.807) is 0 Å². The van der Waals surface area contributed by atoms with Gasteiger partial charge in [-0.3, -0.25) is 9.59 Å². The van der Waals surface area contributed by atoms with Crippen molar-refractivity contribution < 1.29 is 14.3 Å². The smallest absolute Gasteiger partial charge is 0.242 e. The predicted molar refractivity (Wildman–Crippen MR) is 85.2 cm³/mol. The first-order valence-electron chi connectivity index (χ1n) is 7.50. The molecule has 1 aromatic carbocycles. The minimum Gasteiger partial charge on any atom is -0.492 e. The van der Waals surface area contributed by atoms with E-state index < -0.39 is 6.04 Å². The van der Waals surface area contributed by atoms with Crippen LogP contribution in [0.25, 0.3) is 0 Å². The maximum Gasteiger partial charge on any atom is 0.242 e. The molecule has 0 spiro atoms. The number of aryl methyl sites for hydroxylation is 1. The molecule has 5 nitrogen and oxygen atoms in total. The van der Waals surface area contributed by atoms with Gasteiger partial charge in [-0.25, -0.2) is 0 Å². The van der Waals surface area contributed by atoms with E-state index in [4.69, 9.17) is 16.3 Å². The zero-order valence-corrected chi connectivity index (χ0v) is 13.6. The molecule has 6 heteroatoms. The molecular weight excluding hydrogens is 304 g/mol. The average Bonchev–Trinajstić information content (AvgIpc) is 2.91. The maximum atomic E-state index is 11.9. The minimum atomic E-state index is -0.391. The van der Waals surface area contributed by atoms with E-state index in [0.717, 1.165) is 11.1 Å². The highest BCUT2D eigenvalue weighted by molar-refractivity contribution is 6.32. The summed E-state index contributed by atoms with van der Waals surface area (Å²) in [5.41, 5.74) is 2.15. The Labute approximate surface area is 135 Å². The number of hydrogen-bond acceptors (Lipinski definition) is 3. The molecule has 0 saturated carbocycles. The number of carbonyl (C=O) groups excluding carboxylic acids is 2. The Morgan fingerprint density at radius 1 is 1.50 bits per heavy atom. The first-order valence-corrected chi connectivity index (χ1v) is 7.88. The lowest BCUT2D eigenvalue weighted by atomic mass is 10.1. The van der Waals surface area contributed by atoms with E-state index in [2.05, 4.69) is 10.6 Å². The molecular formula is C16H21ClN2O3. The monoisotopic (exact) mass is 324 g/mol. The van der Waals surface area contributed by atoms with Crippen LogP contribution in [0, 0.1) is 6.92 Å². The van der Waals surface area contributed by atoms with Crippen LogP contribution >= 0.6 is 11.6 Å². The average molecular weight is 325 g/mol. The van der Waals surface area contributed by atoms with Gasteiger partial charge in [-0.05, 0) is 49.9 Å². The zero-order chi connectivity index (χ0) is 16.1. The van der Waals surface area contributed by atoms with Crippen molar-refractivity contribution in [3.63, 3.8) is 0 Å². The largest absolute Gasteiger partial charge is 0.492 e. The fourth-order valence-electron chi connectivity index (χ4n) is 2.49. The number of ether oxygens (including phenoxy) is 1. The summed E-state index contributed by atoms with van der Waals surface area (Å²) < 4.78 is 5.45. The Morgan fingerprint density at radius 2 is 2.27 bits per heavy atom. The second-order valence-electron chi connectivity index (χ2n) is 5.34. The summed E-state index contributed by atoms with van der Waals surface area (Å²) in [6.07, 6.45) is 1.68. The third-order valence-electron chi connectivity index (χ3n) is 3.70. The van der Waals surface area contributed by atoms with Gasteiger partial charge < -0.3 is 15.4 Å². The van der Waals surface area contributed by atoms with Gasteiger partial charge in [-0.15, -0.1) is 0 Å². The van der Waals surface area contributed by atoms with Gasteiger partial charge in [0.25, 0.3) is 0 Å². The molecule has 120 valence electrons. The minimum absolute atomic E-state index is 0.0608. The van der Waals surface area contributed by atoms with Gasteiger partial charge in [0.1, 0.15) is 11.8 Å². The highest BCUT2D eigenvalue weighted by atomic mass is 35.5. The van der Waals surface area contributed by atoms with Crippen molar-refractivity contribution >= 4 is 23.4 Å². The highest BCUT2D eigenvalue weighted by Gasteiger charge is 2.26. The van der Waals surface area contributed by atoms with Crippen molar-refractivity contribution in [1.82, 2.24) is 10.6 Å².